The molecule has 0 amide bonds. The molecular formula is C35H41F3N2O2. The maximum Gasteiger partial charge on any atom is 0.134 e. The number of fused-ring (bicyclic) bond motifs is 1. The van der Waals surface area contributed by atoms with E-state index in [2.05, 4.69) is 5.32 Å². The lowest BCUT2D eigenvalue weighted by Gasteiger charge is -2.42. The Kier molecular flexibility index (Phi) is 8.25. The van der Waals surface area contributed by atoms with Gasteiger partial charge in [0.15, 0.2) is 0 Å². The predicted octanol–water partition coefficient (Wildman–Crippen LogP) is 7.54. The Morgan fingerprint density at radius 1 is 0.952 bits per heavy atom. The molecule has 0 radical (unpaired) electrons. The van der Waals surface area contributed by atoms with E-state index in [1.54, 1.807) is 0 Å². The number of rotatable bonds is 8. The van der Waals surface area contributed by atoms with Gasteiger partial charge in [-0.3, -0.25) is 4.90 Å². The molecule has 0 bridgehead atoms. The van der Waals surface area contributed by atoms with Crippen LogP contribution in [-0.4, -0.2) is 42.9 Å². The molecule has 42 heavy (non-hydrogen) atoms. The fourth-order valence-corrected chi connectivity index (χ4v) is 6.95. The average Bonchev–Trinajstić information content (AvgIpc) is 3.15. The van der Waals surface area contributed by atoms with E-state index in [1.165, 1.54) is 32.4 Å². The molecule has 2 heterocycles. The van der Waals surface area contributed by atoms with Crippen molar-refractivity contribution in [2.24, 2.45) is 5.41 Å². The molecule has 4 nitrogen and oxygen atoms in total. The first kappa shape index (κ1) is 29.1. The van der Waals surface area contributed by atoms with Gasteiger partial charge in [0.25, 0.3) is 0 Å². The minimum absolute atomic E-state index is 0.0526. The van der Waals surface area contributed by atoms with Gasteiger partial charge >= 0.3 is 0 Å². The number of halogens is 3. The highest BCUT2D eigenvalue weighted by Gasteiger charge is 2.39. The molecule has 6 rings (SSSR count). The lowest BCUT2D eigenvalue weighted by atomic mass is 9.75. The summed E-state index contributed by atoms with van der Waals surface area (Å²) in [5.41, 5.74) is 1.55. The molecule has 3 aromatic rings. The van der Waals surface area contributed by atoms with Crippen molar-refractivity contribution in [2.75, 3.05) is 26.2 Å². The third-order valence-electron chi connectivity index (χ3n) is 9.13. The number of hydrogen-bond acceptors (Lipinski definition) is 4. The van der Waals surface area contributed by atoms with Gasteiger partial charge in [0.05, 0.1) is 12.1 Å². The van der Waals surface area contributed by atoms with E-state index < -0.39 is 23.3 Å². The predicted molar refractivity (Wildman–Crippen MR) is 159 cm³/mol. The van der Waals surface area contributed by atoms with E-state index in [1.807, 2.05) is 53.4 Å². The molecule has 1 saturated heterocycles. The molecule has 2 aliphatic heterocycles. The number of nitrogens with one attached hydrogen (secondary N) is 1. The van der Waals surface area contributed by atoms with E-state index in [4.69, 9.17) is 9.47 Å². The summed E-state index contributed by atoms with van der Waals surface area (Å²) in [5, 5.41) is 3.38. The Balaban J connectivity index is 1.25. The highest BCUT2D eigenvalue weighted by Crippen LogP contribution is 2.42. The molecule has 1 saturated carbocycles. The lowest BCUT2D eigenvalue weighted by molar-refractivity contribution is 0.0969. The minimum Gasteiger partial charge on any atom is -0.490 e. The van der Waals surface area contributed by atoms with Crippen LogP contribution in [0, 0.1) is 17.0 Å². The Bertz CT molecular complexity index is 1360. The molecule has 1 aliphatic carbocycles. The maximum atomic E-state index is 15.9. The summed E-state index contributed by atoms with van der Waals surface area (Å²) in [5.74, 6) is -0.410. The average molecular weight is 579 g/mol. The van der Waals surface area contributed by atoms with Crippen molar-refractivity contribution in [3.05, 3.63) is 94.6 Å². The van der Waals surface area contributed by atoms with Gasteiger partial charge in [0, 0.05) is 43.9 Å². The summed E-state index contributed by atoms with van der Waals surface area (Å²) < 4.78 is 59.0. The minimum atomic E-state index is -1.53. The second-order valence-corrected chi connectivity index (χ2v) is 13.1. The normalized spacial score (nSPS) is 22.2. The van der Waals surface area contributed by atoms with E-state index in [0.717, 1.165) is 55.5 Å². The topological polar surface area (TPSA) is 33.7 Å². The van der Waals surface area contributed by atoms with Gasteiger partial charge in [0.1, 0.15) is 35.4 Å². The molecule has 0 aromatic heterocycles. The van der Waals surface area contributed by atoms with Crippen LogP contribution in [-0.2, 0) is 13.0 Å². The molecule has 1 N–H and O–H groups in total. The third-order valence-corrected chi connectivity index (χ3v) is 9.13. The van der Waals surface area contributed by atoms with Crippen LogP contribution in [0.25, 0.3) is 0 Å². The van der Waals surface area contributed by atoms with E-state index in [-0.39, 0.29) is 24.0 Å². The van der Waals surface area contributed by atoms with Gasteiger partial charge in [-0.2, -0.15) is 0 Å². The summed E-state index contributed by atoms with van der Waals surface area (Å²) in [6, 6.07) is 17.4. The van der Waals surface area contributed by atoms with Crippen LogP contribution in [0.15, 0.2) is 60.7 Å². The zero-order chi connectivity index (χ0) is 29.3. The number of alkyl halides is 1. The van der Waals surface area contributed by atoms with Crippen LogP contribution in [0.4, 0.5) is 13.2 Å². The molecule has 7 heteroatoms. The van der Waals surface area contributed by atoms with Crippen molar-refractivity contribution in [2.45, 2.75) is 76.8 Å². The Morgan fingerprint density at radius 2 is 1.71 bits per heavy atom. The van der Waals surface area contributed by atoms with Crippen molar-refractivity contribution in [3.8, 4) is 11.5 Å². The van der Waals surface area contributed by atoms with Crippen molar-refractivity contribution < 1.29 is 22.6 Å². The van der Waals surface area contributed by atoms with Crippen LogP contribution in [0.2, 0.25) is 0 Å². The number of hydrogen-bond donors (Lipinski definition) is 1. The van der Waals surface area contributed by atoms with Crippen molar-refractivity contribution in [1.29, 1.82) is 0 Å². The Labute approximate surface area is 247 Å². The molecular weight excluding hydrogens is 537 g/mol. The first-order valence-corrected chi connectivity index (χ1v) is 15.3. The van der Waals surface area contributed by atoms with Crippen molar-refractivity contribution >= 4 is 0 Å². The second kappa shape index (κ2) is 11.9. The maximum absolute atomic E-state index is 15.9. The van der Waals surface area contributed by atoms with Crippen LogP contribution >= 0.6 is 0 Å². The first-order chi connectivity index (χ1) is 20.2. The highest BCUT2D eigenvalue weighted by molar-refractivity contribution is 5.46. The molecule has 2 unspecified atom stereocenters. The molecule has 2 atom stereocenters. The lowest BCUT2D eigenvalue weighted by Crippen LogP contribution is -2.53. The summed E-state index contributed by atoms with van der Waals surface area (Å²) in [4.78, 5) is 1.85. The van der Waals surface area contributed by atoms with Gasteiger partial charge < -0.3 is 14.8 Å². The standard InChI is InChI=1S/C35H41F3N2O2/c1-34(2,38)23-40-16-13-25-17-27(41-20-24-7-4-3-5-8-24)10-11-29(25)33(40)32-30(36)18-28(19-31(32)37)42-26-9-6-14-35(15-12-26)21-39-22-35/h3-5,7-8,10-11,17-19,26,33,39H,6,9,12-16,20-23H2,1-2H3. The van der Waals surface area contributed by atoms with E-state index >= 15 is 8.78 Å². The SMILES string of the molecule is CC(C)(F)CN1CCc2cc(OCc3ccccc3)ccc2C1c1c(F)cc(OC2CCCC3(CC2)CNC3)cc1F. The zero-order valence-corrected chi connectivity index (χ0v) is 24.6. The van der Waals surface area contributed by atoms with Crippen LogP contribution in [0.5, 0.6) is 11.5 Å². The zero-order valence-electron chi connectivity index (χ0n) is 24.6. The highest BCUT2D eigenvalue weighted by atomic mass is 19.1. The van der Waals surface area contributed by atoms with Crippen LogP contribution in [0.3, 0.4) is 0 Å². The summed E-state index contributed by atoms with van der Waals surface area (Å²) >= 11 is 0. The van der Waals surface area contributed by atoms with Gasteiger partial charge in [0.2, 0.25) is 0 Å². The fraction of sp³-hybridized carbons (Fsp3) is 0.486. The number of ether oxygens (including phenoxy) is 2. The number of nitrogens with zero attached hydrogens (tertiary/aromatic N) is 1. The first-order valence-electron chi connectivity index (χ1n) is 15.3. The van der Waals surface area contributed by atoms with Crippen LogP contribution < -0.4 is 14.8 Å². The molecule has 3 aromatic carbocycles. The van der Waals surface area contributed by atoms with Gasteiger partial charge in [-0.1, -0.05) is 36.4 Å². The van der Waals surface area contributed by atoms with Crippen LogP contribution in [0.1, 0.15) is 74.2 Å². The molecule has 2 fully saturated rings. The van der Waals surface area contributed by atoms with Gasteiger partial charge in [-0.15, -0.1) is 0 Å². The fourth-order valence-electron chi connectivity index (χ4n) is 6.95. The molecule has 1 spiro atoms. The molecule has 3 aliphatic rings. The third kappa shape index (κ3) is 6.47. The summed E-state index contributed by atoms with van der Waals surface area (Å²) in [7, 11) is 0. The summed E-state index contributed by atoms with van der Waals surface area (Å²) in [6.07, 6.45) is 5.64. The Hall–Kier alpha value is -3.03. The van der Waals surface area contributed by atoms with E-state index in [9.17, 15) is 4.39 Å². The monoisotopic (exact) mass is 578 g/mol. The number of benzene rings is 3. The van der Waals surface area contributed by atoms with Gasteiger partial charge in [-0.05, 0) is 86.6 Å². The smallest absolute Gasteiger partial charge is 0.134 e. The van der Waals surface area contributed by atoms with E-state index in [0.29, 0.717) is 30.7 Å². The van der Waals surface area contributed by atoms with Gasteiger partial charge in [-0.25, -0.2) is 13.2 Å². The van der Waals surface area contributed by atoms with Crippen molar-refractivity contribution in [3.63, 3.8) is 0 Å². The quantitative estimate of drug-likeness (QED) is 0.300. The Morgan fingerprint density at radius 3 is 2.40 bits per heavy atom. The largest absolute Gasteiger partial charge is 0.490 e. The van der Waals surface area contributed by atoms with Crippen molar-refractivity contribution in [1.82, 2.24) is 10.2 Å². The molecule has 224 valence electrons. The summed E-state index contributed by atoms with van der Waals surface area (Å²) in [6.45, 7) is 6.05. The second-order valence-electron chi connectivity index (χ2n) is 13.1.